The standard InChI is InChI=1S/C34H58N12O14S/c1-15(2)25(45-26(52)16(35)14-61)32(58)46-10-4-6-22(46)31(57)42-19(11-23(36)49)28(54)43-21(13-48)30(56)44-20(12-47)29(55)40-17(7-8-24(50)51)27(53)41-18(33(59)60)5-3-9-39-34(37)38/h15-22,25,47-48,61H,3-14,35H2,1-2H3,(H2,36,49)(H,40,55)(H,41,53)(H,42,57)(H,43,54)(H,44,56)(H,45,52)(H,50,51)(H,59,60)(H4,37,38,39)/t16-,17-,18-,19-,20-,21-,22-,25-/m0/s1. The van der Waals surface area contributed by atoms with Crippen LogP contribution in [0.25, 0.3) is 0 Å². The summed E-state index contributed by atoms with van der Waals surface area (Å²) in [6.45, 7) is 1.23. The van der Waals surface area contributed by atoms with Crippen molar-refractivity contribution in [3.63, 3.8) is 0 Å². The van der Waals surface area contributed by atoms with Gasteiger partial charge in [-0.2, -0.15) is 12.6 Å². The predicted molar refractivity (Wildman–Crippen MR) is 215 cm³/mol. The summed E-state index contributed by atoms with van der Waals surface area (Å²) in [5.41, 5.74) is 16.2. The molecule has 1 heterocycles. The van der Waals surface area contributed by atoms with Crippen molar-refractivity contribution in [1.29, 1.82) is 5.41 Å². The number of primary amides is 1. The highest BCUT2D eigenvalue weighted by molar-refractivity contribution is 7.80. The Balaban J connectivity index is 3.12. The Morgan fingerprint density at radius 2 is 1.28 bits per heavy atom. The number of amides is 8. The van der Waals surface area contributed by atoms with Crippen molar-refractivity contribution in [2.45, 2.75) is 107 Å². The van der Waals surface area contributed by atoms with Gasteiger partial charge in [-0.1, -0.05) is 13.8 Å². The molecule has 0 unspecified atom stereocenters. The molecule has 27 heteroatoms. The summed E-state index contributed by atoms with van der Waals surface area (Å²) in [6.07, 6.45) is -1.63. The molecule has 8 atom stereocenters. The Morgan fingerprint density at radius 3 is 1.75 bits per heavy atom. The lowest BCUT2D eigenvalue weighted by molar-refractivity contribution is -0.143. The number of carboxylic acids is 2. The van der Waals surface area contributed by atoms with Gasteiger partial charge in [0.05, 0.1) is 25.7 Å². The molecule has 344 valence electrons. The molecule has 0 aromatic carbocycles. The fourth-order valence-electron chi connectivity index (χ4n) is 5.82. The monoisotopic (exact) mass is 890 g/mol. The zero-order valence-electron chi connectivity index (χ0n) is 33.7. The van der Waals surface area contributed by atoms with Crippen molar-refractivity contribution >= 4 is 77.8 Å². The van der Waals surface area contributed by atoms with Gasteiger partial charge in [-0.3, -0.25) is 48.6 Å². The van der Waals surface area contributed by atoms with Gasteiger partial charge in [0.1, 0.15) is 42.3 Å². The number of guanidine groups is 1. The summed E-state index contributed by atoms with van der Waals surface area (Å²) in [6, 6.07) is -12.0. The maximum Gasteiger partial charge on any atom is 0.326 e. The molecule has 1 saturated heterocycles. The van der Waals surface area contributed by atoms with Gasteiger partial charge in [-0.25, -0.2) is 4.79 Å². The summed E-state index contributed by atoms with van der Waals surface area (Å²) in [5.74, 6) is -11.8. The molecule has 0 spiro atoms. The van der Waals surface area contributed by atoms with E-state index in [0.29, 0.717) is 6.42 Å². The summed E-state index contributed by atoms with van der Waals surface area (Å²) in [7, 11) is 0. The summed E-state index contributed by atoms with van der Waals surface area (Å²) < 4.78 is 0. The van der Waals surface area contributed by atoms with E-state index in [1.165, 1.54) is 4.90 Å². The van der Waals surface area contributed by atoms with Crippen molar-refractivity contribution < 1.29 is 68.4 Å². The number of nitrogens with one attached hydrogen (secondary N) is 8. The van der Waals surface area contributed by atoms with Crippen LogP contribution in [0.3, 0.4) is 0 Å². The summed E-state index contributed by atoms with van der Waals surface area (Å²) >= 11 is 3.99. The minimum atomic E-state index is -1.90. The van der Waals surface area contributed by atoms with E-state index >= 15 is 0 Å². The van der Waals surface area contributed by atoms with Crippen LogP contribution in [0.5, 0.6) is 0 Å². The fourth-order valence-corrected chi connectivity index (χ4v) is 5.98. The van der Waals surface area contributed by atoms with E-state index in [2.05, 4.69) is 44.5 Å². The first-order valence-electron chi connectivity index (χ1n) is 19.1. The third-order valence-electron chi connectivity index (χ3n) is 9.15. The number of rotatable bonds is 27. The lowest BCUT2D eigenvalue weighted by Crippen LogP contribution is -2.61. The van der Waals surface area contributed by atoms with Crippen LogP contribution in [0.1, 0.15) is 58.8 Å². The van der Waals surface area contributed by atoms with Crippen LogP contribution < -0.4 is 54.4 Å². The normalized spacial score (nSPS) is 16.9. The number of carboxylic acid groups (broad SMARTS) is 2. The number of aliphatic hydroxyl groups excluding tert-OH is 2. The maximum atomic E-state index is 13.6. The Bertz CT molecular complexity index is 1620. The molecule has 26 nitrogen and oxygen atoms in total. The third kappa shape index (κ3) is 18.2. The minimum Gasteiger partial charge on any atom is -0.481 e. The van der Waals surface area contributed by atoms with E-state index in [1.807, 2.05) is 5.32 Å². The molecule has 0 saturated carbocycles. The lowest BCUT2D eigenvalue weighted by atomic mass is 10.0. The van der Waals surface area contributed by atoms with Crippen LogP contribution in [0.15, 0.2) is 0 Å². The van der Waals surface area contributed by atoms with Gasteiger partial charge in [-0.15, -0.1) is 0 Å². The molecule has 1 fully saturated rings. The van der Waals surface area contributed by atoms with E-state index in [9.17, 15) is 68.4 Å². The fraction of sp³-hybridized carbons (Fsp3) is 0.676. The Labute approximate surface area is 355 Å². The van der Waals surface area contributed by atoms with Crippen LogP contribution in [0.2, 0.25) is 0 Å². The molecule has 1 rings (SSSR count). The van der Waals surface area contributed by atoms with Gasteiger partial charge in [0.15, 0.2) is 5.96 Å². The van der Waals surface area contributed by atoms with Crippen molar-refractivity contribution in [2.24, 2.45) is 23.1 Å². The first kappa shape index (κ1) is 53.2. The number of thiol groups is 1. The molecule has 1 aliphatic heterocycles. The second-order valence-corrected chi connectivity index (χ2v) is 14.7. The van der Waals surface area contributed by atoms with Crippen molar-refractivity contribution in [3.05, 3.63) is 0 Å². The van der Waals surface area contributed by atoms with Crippen LogP contribution >= 0.6 is 12.6 Å². The maximum absolute atomic E-state index is 13.6. The molecular formula is C34H58N12O14S. The molecule has 0 radical (unpaired) electrons. The highest BCUT2D eigenvalue weighted by Gasteiger charge is 2.41. The Hall–Kier alpha value is -5.80. The third-order valence-corrected chi connectivity index (χ3v) is 9.54. The van der Waals surface area contributed by atoms with Gasteiger partial charge >= 0.3 is 11.9 Å². The quantitative estimate of drug-likeness (QED) is 0.0158. The molecule has 0 aromatic rings. The largest absolute Gasteiger partial charge is 0.481 e. The smallest absolute Gasteiger partial charge is 0.326 e. The average Bonchev–Trinajstić information content (AvgIpc) is 3.69. The number of nitrogens with two attached hydrogens (primary N) is 3. The van der Waals surface area contributed by atoms with E-state index in [1.54, 1.807) is 13.8 Å². The first-order chi connectivity index (χ1) is 28.6. The number of hydrogen-bond acceptors (Lipinski definition) is 15. The topological polar surface area (TPSA) is 441 Å². The number of aliphatic carboxylic acids is 2. The number of carbonyl (C=O) groups excluding carboxylic acids is 8. The molecule has 1 aliphatic rings. The number of nitrogens with zero attached hydrogens (tertiary/aromatic N) is 1. The van der Waals surface area contributed by atoms with E-state index in [4.69, 9.17) is 22.6 Å². The summed E-state index contributed by atoms with van der Waals surface area (Å²) in [4.78, 5) is 128. The van der Waals surface area contributed by atoms with Crippen LogP contribution in [-0.4, -0.2) is 171 Å². The predicted octanol–water partition coefficient (Wildman–Crippen LogP) is -7.13. The van der Waals surface area contributed by atoms with Crippen molar-refractivity contribution in [2.75, 3.05) is 32.1 Å². The van der Waals surface area contributed by atoms with E-state index in [-0.39, 0.29) is 44.1 Å². The molecule has 18 N–H and O–H groups in total. The number of aliphatic hydroxyl groups is 2. The molecule has 0 aliphatic carbocycles. The second-order valence-electron chi connectivity index (χ2n) is 14.3. The van der Waals surface area contributed by atoms with Crippen LogP contribution in [0.4, 0.5) is 0 Å². The molecule has 61 heavy (non-hydrogen) atoms. The van der Waals surface area contributed by atoms with Crippen LogP contribution in [-0.2, 0) is 47.9 Å². The number of likely N-dealkylation sites (tertiary alicyclic amines) is 1. The van der Waals surface area contributed by atoms with Gasteiger partial charge < -0.3 is 79.7 Å². The Kier molecular flexibility index (Phi) is 23.0. The van der Waals surface area contributed by atoms with E-state index in [0.717, 1.165) is 0 Å². The highest BCUT2D eigenvalue weighted by Crippen LogP contribution is 2.21. The molecule has 0 bridgehead atoms. The average molecular weight is 891 g/mol. The Morgan fingerprint density at radius 1 is 0.754 bits per heavy atom. The highest BCUT2D eigenvalue weighted by atomic mass is 32.1. The number of carbonyl (C=O) groups is 10. The van der Waals surface area contributed by atoms with Crippen LogP contribution in [0, 0.1) is 11.3 Å². The van der Waals surface area contributed by atoms with Gasteiger partial charge in [0, 0.05) is 25.3 Å². The first-order valence-corrected chi connectivity index (χ1v) is 19.7. The van der Waals surface area contributed by atoms with Gasteiger partial charge in [-0.05, 0) is 38.0 Å². The van der Waals surface area contributed by atoms with E-state index < -0.39 is 146 Å². The second kappa shape index (κ2) is 26.4. The lowest BCUT2D eigenvalue weighted by Gasteiger charge is -2.31. The summed E-state index contributed by atoms with van der Waals surface area (Å²) in [5, 5.41) is 61.6. The molecular weight excluding hydrogens is 833 g/mol. The zero-order valence-corrected chi connectivity index (χ0v) is 34.6. The van der Waals surface area contributed by atoms with Gasteiger partial charge in [0.25, 0.3) is 0 Å². The molecule has 0 aromatic heterocycles. The number of hydrogen-bond donors (Lipinski definition) is 16. The van der Waals surface area contributed by atoms with Crippen molar-refractivity contribution in [3.8, 4) is 0 Å². The van der Waals surface area contributed by atoms with Crippen molar-refractivity contribution in [1.82, 2.24) is 42.1 Å². The van der Waals surface area contributed by atoms with Gasteiger partial charge in [0.2, 0.25) is 47.3 Å². The SMILES string of the molecule is CC(C)[C@H](NC(=O)[C@@H](N)CS)C(=O)N1CCC[C@H]1C(=O)N[C@@H](CC(N)=O)C(=O)N[C@@H](CO)C(=O)N[C@@H](CO)C(=O)N[C@@H](CCC(=O)O)C(=O)N[C@@H](CCCNC(=N)N)C(=O)O. The zero-order chi connectivity index (χ0) is 46.6. The minimum absolute atomic E-state index is 0.00115. The molecule has 8 amide bonds.